The molecule has 0 saturated carbocycles. The Hall–Kier alpha value is -2.08. The number of hydrogen-bond donors (Lipinski definition) is 1. The van der Waals surface area contributed by atoms with Gasteiger partial charge in [0.1, 0.15) is 0 Å². The molecule has 3 rings (SSSR count). The van der Waals surface area contributed by atoms with Crippen molar-refractivity contribution in [3.63, 3.8) is 0 Å². The van der Waals surface area contributed by atoms with Crippen LogP contribution in [-0.2, 0) is 11.3 Å². The van der Waals surface area contributed by atoms with Crippen LogP contribution in [0.4, 0.5) is 10.5 Å². The van der Waals surface area contributed by atoms with Crippen molar-refractivity contribution in [2.24, 2.45) is 0 Å². The van der Waals surface area contributed by atoms with E-state index in [0.29, 0.717) is 19.2 Å². The van der Waals surface area contributed by atoms with Gasteiger partial charge < -0.3 is 19.9 Å². The third kappa shape index (κ3) is 3.32. The first kappa shape index (κ1) is 15.8. The van der Waals surface area contributed by atoms with E-state index >= 15 is 0 Å². The molecule has 0 spiro atoms. The van der Waals surface area contributed by atoms with Crippen LogP contribution >= 0.6 is 0 Å². The first-order valence-corrected chi connectivity index (χ1v) is 8.10. The zero-order valence-electron chi connectivity index (χ0n) is 13.6. The van der Waals surface area contributed by atoms with E-state index in [4.69, 9.17) is 4.74 Å². The fourth-order valence-corrected chi connectivity index (χ4v) is 3.41. The summed E-state index contributed by atoms with van der Waals surface area (Å²) in [5.74, 6) is 0. The molecule has 1 unspecified atom stereocenters. The summed E-state index contributed by atoms with van der Waals surface area (Å²) in [5, 5.41) is 2.97. The lowest BCUT2D eigenvalue weighted by Crippen LogP contribution is -2.48. The molecular weight excluding hydrogens is 292 g/mol. The van der Waals surface area contributed by atoms with E-state index in [1.54, 1.807) is 19.4 Å². The van der Waals surface area contributed by atoms with Crippen molar-refractivity contribution in [1.29, 1.82) is 0 Å². The molecule has 0 aromatic carbocycles. The molecule has 1 fully saturated rings. The Bertz CT molecular complexity index is 577. The number of carbonyl (C=O) groups excluding carboxylic acids is 1. The maximum absolute atomic E-state index is 12.7. The molecule has 0 aliphatic carbocycles. The van der Waals surface area contributed by atoms with Gasteiger partial charge in [0, 0.05) is 32.4 Å². The van der Waals surface area contributed by atoms with Crippen molar-refractivity contribution in [2.45, 2.75) is 31.5 Å². The Morgan fingerprint density at radius 3 is 3.30 bits per heavy atom. The van der Waals surface area contributed by atoms with Gasteiger partial charge >= 0.3 is 6.03 Å². The van der Waals surface area contributed by atoms with Gasteiger partial charge in [-0.15, -0.1) is 6.58 Å². The van der Waals surface area contributed by atoms with Gasteiger partial charge in [0.05, 0.1) is 30.6 Å². The summed E-state index contributed by atoms with van der Waals surface area (Å²) in [5.41, 5.74) is 2.14. The number of urea groups is 1. The van der Waals surface area contributed by atoms with E-state index < -0.39 is 0 Å². The number of carbonyl (C=O) groups is 1. The maximum atomic E-state index is 12.7. The molecule has 6 nitrogen and oxygen atoms in total. The predicted octanol–water partition coefficient (Wildman–Crippen LogP) is 1.78. The summed E-state index contributed by atoms with van der Waals surface area (Å²) >= 11 is 0. The predicted molar refractivity (Wildman–Crippen MR) is 89.4 cm³/mol. The van der Waals surface area contributed by atoms with E-state index in [9.17, 15) is 4.79 Å². The van der Waals surface area contributed by atoms with Crippen molar-refractivity contribution >= 4 is 11.7 Å². The average Bonchev–Trinajstić information content (AvgIpc) is 2.96. The highest BCUT2D eigenvalue weighted by molar-refractivity contribution is 5.75. The van der Waals surface area contributed by atoms with Gasteiger partial charge in [-0.3, -0.25) is 4.98 Å². The number of methoxy groups -OCH3 is 1. The van der Waals surface area contributed by atoms with Crippen LogP contribution in [0.15, 0.2) is 31.0 Å². The van der Waals surface area contributed by atoms with Crippen LogP contribution < -0.4 is 10.2 Å². The van der Waals surface area contributed by atoms with Crippen molar-refractivity contribution in [3.8, 4) is 0 Å². The van der Waals surface area contributed by atoms with Crippen LogP contribution in [0, 0.1) is 0 Å². The number of fused-ring (bicyclic) bond motifs is 3. The summed E-state index contributed by atoms with van der Waals surface area (Å²) in [6.07, 6.45) is 5.77. The summed E-state index contributed by atoms with van der Waals surface area (Å²) < 4.78 is 5.11. The number of rotatable bonds is 4. The monoisotopic (exact) mass is 316 g/mol. The van der Waals surface area contributed by atoms with E-state index in [2.05, 4.69) is 27.8 Å². The Balaban J connectivity index is 1.78. The lowest BCUT2D eigenvalue weighted by Gasteiger charge is -2.28. The van der Waals surface area contributed by atoms with Crippen LogP contribution in [-0.4, -0.2) is 54.8 Å². The largest absolute Gasteiger partial charge is 0.382 e. The van der Waals surface area contributed by atoms with Crippen LogP contribution in [0.3, 0.4) is 0 Å². The fourth-order valence-electron chi connectivity index (χ4n) is 3.41. The second-order valence-electron chi connectivity index (χ2n) is 6.09. The molecule has 1 saturated heterocycles. The van der Waals surface area contributed by atoms with Gasteiger partial charge in [0.15, 0.2) is 0 Å². The van der Waals surface area contributed by atoms with Gasteiger partial charge in [-0.25, -0.2) is 4.79 Å². The maximum Gasteiger partial charge on any atom is 0.318 e. The second-order valence-corrected chi connectivity index (χ2v) is 6.09. The Kier molecular flexibility index (Phi) is 4.81. The standard InChI is InChI=1S/C17H24N4O2/c1-3-13(12-23-2)19-17(22)20-10-14-6-5-9-21(14)16-7-4-8-18-15(16)11-20/h3-4,7-8,13-14H,1,5-6,9-12H2,2H3,(H,19,22)/t13?,14-/m0/s1. The van der Waals surface area contributed by atoms with Gasteiger partial charge in [-0.1, -0.05) is 6.08 Å². The van der Waals surface area contributed by atoms with Crippen molar-refractivity contribution < 1.29 is 9.53 Å². The highest BCUT2D eigenvalue weighted by Crippen LogP contribution is 2.31. The first-order valence-electron chi connectivity index (χ1n) is 8.10. The molecule has 2 aliphatic rings. The summed E-state index contributed by atoms with van der Waals surface area (Å²) in [6, 6.07) is 4.18. The molecule has 124 valence electrons. The Morgan fingerprint density at radius 2 is 2.52 bits per heavy atom. The molecule has 2 aliphatic heterocycles. The second kappa shape index (κ2) is 7.00. The van der Waals surface area contributed by atoms with Crippen molar-refractivity contribution in [2.75, 3.05) is 31.7 Å². The highest BCUT2D eigenvalue weighted by Gasteiger charge is 2.33. The molecule has 6 heteroatoms. The number of hydrogen-bond acceptors (Lipinski definition) is 4. The number of nitrogens with one attached hydrogen (secondary N) is 1. The van der Waals surface area contributed by atoms with Gasteiger partial charge in [0.25, 0.3) is 0 Å². The minimum atomic E-state index is -0.182. The third-order valence-corrected chi connectivity index (χ3v) is 4.55. The quantitative estimate of drug-likeness (QED) is 0.860. The lowest BCUT2D eigenvalue weighted by atomic mass is 10.2. The van der Waals surface area contributed by atoms with Crippen LogP contribution in [0.5, 0.6) is 0 Å². The number of ether oxygens (including phenoxy) is 1. The average molecular weight is 316 g/mol. The SMILES string of the molecule is C=CC(COC)NC(=O)N1Cc2ncccc2N2CCC[C@H]2C1. The van der Waals surface area contributed by atoms with Gasteiger partial charge in [-0.05, 0) is 25.0 Å². The van der Waals surface area contributed by atoms with Crippen LogP contribution in [0.25, 0.3) is 0 Å². The van der Waals surface area contributed by atoms with Crippen LogP contribution in [0.1, 0.15) is 18.5 Å². The van der Waals surface area contributed by atoms with E-state index in [-0.39, 0.29) is 12.1 Å². The molecular formula is C17H24N4O2. The van der Waals surface area contributed by atoms with Crippen molar-refractivity contribution in [3.05, 3.63) is 36.7 Å². The first-order chi connectivity index (χ1) is 11.2. The number of anilines is 1. The van der Waals surface area contributed by atoms with Crippen LogP contribution in [0.2, 0.25) is 0 Å². The highest BCUT2D eigenvalue weighted by atomic mass is 16.5. The van der Waals surface area contributed by atoms with E-state index in [1.165, 1.54) is 5.69 Å². The molecule has 3 heterocycles. The minimum Gasteiger partial charge on any atom is -0.382 e. The third-order valence-electron chi connectivity index (χ3n) is 4.55. The molecule has 1 aromatic rings. The number of amides is 2. The molecule has 2 atom stereocenters. The van der Waals surface area contributed by atoms with E-state index in [1.807, 2.05) is 11.0 Å². The smallest absolute Gasteiger partial charge is 0.318 e. The fraction of sp³-hybridized carbons (Fsp3) is 0.529. The number of pyridine rings is 1. The topological polar surface area (TPSA) is 57.7 Å². The molecule has 23 heavy (non-hydrogen) atoms. The van der Waals surface area contributed by atoms with E-state index in [0.717, 1.165) is 31.6 Å². The molecule has 0 radical (unpaired) electrons. The summed E-state index contributed by atoms with van der Waals surface area (Å²) in [6.45, 7) is 6.47. The zero-order valence-corrected chi connectivity index (χ0v) is 13.6. The van der Waals surface area contributed by atoms with Gasteiger partial charge in [-0.2, -0.15) is 0 Å². The molecule has 1 N–H and O–H groups in total. The number of nitrogens with zero attached hydrogens (tertiary/aromatic N) is 3. The molecule has 1 aromatic heterocycles. The minimum absolute atomic E-state index is 0.0858. The Labute approximate surface area is 137 Å². The summed E-state index contributed by atoms with van der Waals surface area (Å²) in [7, 11) is 1.62. The van der Waals surface area contributed by atoms with Gasteiger partial charge in [0.2, 0.25) is 0 Å². The lowest BCUT2D eigenvalue weighted by molar-refractivity contribution is 0.163. The normalized spacial score (nSPS) is 21.2. The van der Waals surface area contributed by atoms with Crippen molar-refractivity contribution in [1.82, 2.24) is 15.2 Å². The zero-order chi connectivity index (χ0) is 16.2. The molecule has 0 bridgehead atoms. The number of aromatic nitrogens is 1. The molecule has 2 amide bonds. The Morgan fingerprint density at radius 1 is 1.65 bits per heavy atom. The summed E-state index contributed by atoms with van der Waals surface area (Å²) in [4.78, 5) is 21.4.